The molecule has 0 saturated heterocycles. The fourth-order valence-corrected chi connectivity index (χ4v) is 3.99. The molecule has 0 bridgehead atoms. The molecule has 1 aromatic carbocycles. The van der Waals surface area contributed by atoms with Crippen molar-refractivity contribution in [2.45, 2.75) is 91.2 Å². The van der Waals surface area contributed by atoms with Gasteiger partial charge in [-0.1, -0.05) is 43.8 Å². The predicted molar refractivity (Wildman–Crippen MR) is 197 cm³/mol. The van der Waals surface area contributed by atoms with Crippen LogP contribution in [0, 0.1) is 0 Å². The number of halogens is 1. The Labute approximate surface area is 384 Å². The molecule has 322 valence electrons. The van der Waals surface area contributed by atoms with E-state index in [-0.39, 0.29) is 82.4 Å². The number of benzene rings is 1. The van der Waals surface area contributed by atoms with Gasteiger partial charge in [-0.25, -0.2) is 0 Å². The molecule has 0 aliphatic heterocycles. The summed E-state index contributed by atoms with van der Waals surface area (Å²) in [7, 11) is 4.26. The van der Waals surface area contributed by atoms with Crippen molar-refractivity contribution < 1.29 is 108 Å². The first-order valence-corrected chi connectivity index (χ1v) is 19.8. The summed E-state index contributed by atoms with van der Waals surface area (Å²) in [6.45, 7) is 9.80. The summed E-state index contributed by atoms with van der Waals surface area (Å²) in [5.74, 6) is 0. The number of nitrogens with one attached hydrogen (secondary N) is 6. The summed E-state index contributed by atoms with van der Waals surface area (Å²) < 4.78 is 29.0. The van der Waals surface area contributed by atoms with Crippen LogP contribution in [0.15, 0.2) is 65.8 Å². The molecule has 19 nitrogen and oxygen atoms in total. The second kappa shape index (κ2) is 73.6. The van der Waals surface area contributed by atoms with Crippen LogP contribution in [-0.4, -0.2) is 143 Å². The Morgan fingerprint density at radius 1 is 0.529 bits per heavy atom. The van der Waals surface area contributed by atoms with Crippen LogP contribution < -0.4 is 0 Å². The molecular weight excluding hydrogens is 1460 g/mol. The third-order valence-electron chi connectivity index (χ3n) is 2.52. The van der Waals surface area contributed by atoms with Crippen LogP contribution in [0.4, 0.5) is 0 Å². The monoisotopic (exact) mass is 1510 g/mol. The zero-order valence-corrected chi connectivity index (χ0v) is 42.5. The van der Waals surface area contributed by atoms with E-state index in [4.69, 9.17) is 65.1 Å². The van der Waals surface area contributed by atoms with E-state index in [0.717, 1.165) is 4.90 Å². The zero-order chi connectivity index (χ0) is 33.2. The summed E-state index contributed by atoms with van der Waals surface area (Å²) in [5, 5.41) is 0. The van der Waals surface area contributed by atoms with Crippen molar-refractivity contribution in [2.24, 2.45) is 0 Å². The molecule has 6 atom stereocenters. The van der Waals surface area contributed by atoms with Gasteiger partial charge in [0, 0.05) is 33.5 Å². The number of pyridine rings is 1. The standard InChI is InChI=1S/C6H6S.C5H5N.6C2H5NO.CH4.ClH.Ni.6H2O.2Pt.3Sb/c7-6-4-2-1-3-5-6;1-2-4-6-5-3-1;6*1-2(3)4;;;;;;;;;;;;;;/h1-5,7H;1-5H;6*2-3H,1H3;1H4;1H;;6*1H2;;;;;/q;;6*-2;;;+1;;;;;;;;4*+2/p-2. The Morgan fingerprint density at radius 3 is 0.824 bits per heavy atom. The maximum Gasteiger partial charge on any atom is 2.00 e. The first-order valence-electron chi connectivity index (χ1n) is 11.8. The molecular formula is C24H56ClN7NiO12Pt2SSb3-5. The number of nitrogens with zero attached hydrogens (tertiary/aromatic N) is 1. The zero-order valence-electron chi connectivity index (χ0n) is 27.7. The number of rotatable bonds is 12. The number of aromatic nitrogens is 1. The van der Waals surface area contributed by atoms with Gasteiger partial charge in [0.25, 0.3) is 0 Å². The molecule has 0 saturated carbocycles. The average molecular weight is 1520 g/mol. The fraction of sp³-hybridized carbons (Fsp3) is 0.542. The molecule has 0 aliphatic carbocycles. The normalized spacial score (nSPS) is 11.4. The van der Waals surface area contributed by atoms with Crippen molar-refractivity contribution >= 4 is 90.2 Å². The van der Waals surface area contributed by atoms with Gasteiger partial charge in [-0.2, -0.15) is 4.90 Å². The third kappa shape index (κ3) is 112. The van der Waals surface area contributed by atoms with Crippen molar-refractivity contribution in [3.05, 3.63) is 95.3 Å². The molecule has 2 rings (SSSR count). The second-order valence-electron chi connectivity index (χ2n) is 7.05. The third-order valence-corrected chi connectivity index (χ3v) is 9.68. The van der Waals surface area contributed by atoms with Gasteiger partial charge in [0.05, 0.1) is 0 Å². The first-order chi connectivity index (χ1) is 19.8. The van der Waals surface area contributed by atoms with Gasteiger partial charge in [-0.15, -0.1) is 0 Å². The molecule has 3 radical (unpaired) electrons. The SMILES string of the molecule is C.CC([NH-])[O][Sb][O]C(C)[NH-].CC([NH-])[O][Sb][O]C(C)[NH-].CC([NH-])[O][Sb][O]C(C)[NH-].O.O.O.O.O.O.[Cl][Ni].[Pt+2].[Pt].[S-]c1ccccc1.c1ccncc1. The fourth-order valence-electron chi connectivity index (χ4n) is 1.19. The smallest absolute Gasteiger partial charge is 0.780 e. The van der Waals surface area contributed by atoms with Gasteiger partial charge >= 0.3 is 245 Å². The Bertz CT molecular complexity index is 680. The van der Waals surface area contributed by atoms with Crippen LogP contribution in [0.1, 0.15) is 49.0 Å². The van der Waals surface area contributed by atoms with Crippen LogP contribution in [0.25, 0.3) is 34.4 Å². The summed E-state index contributed by atoms with van der Waals surface area (Å²) in [4.78, 5) is 4.69. The van der Waals surface area contributed by atoms with E-state index in [9.17, 15) is 0 Å². The average Bonchev–Trinajstić information content (AvgIpc) is 2.91. The molecule has 18 N–H and O–H groups in total. The van der Waals surface area contributed by atoms with Crippen LogP contribution in [0.2, 0.25) is 0 Å². The summed E-state index contributed by atoms with van der Waals surface area (Å²) >= 11 is 4.72. The van der Waals surface area contributed by atoms with E-state index < -0.39 is 105 Å². The van der Waals surface area contributed by atoms with Gasteiger partial charge in [0.15, 0.2) is 0 Å². The van der Waals surface area contributed by atoms with Gasteiger partial charge < -0.3 is 45.5 Å². The van der Waals surface area contributed by atoms with Crippen LogP contribution in [0.5, 0.6) is 0 Å². The minimum absolute atomic E-state index is 0. The van der Waals surface area contributed by atoms with E-state index in [1.807, 2.05) is 48.5 Å². The Balaban J connectivity index is -0.0000000305. The Kier molecular flexibility index (Phi) is 130. The quantitative estimate of drug-likeness (QED) is 0.224. The molecule has 0 fully saturated rings. The van der Waals surface area contributed by atoms with Crippen LogP contribution >= 0.6 is 10.2 Å². The molecule has 1 aromatic heterocycles. The van der Waals surface area contributed by atoms with E-state index in [0.29, 0.717) is 0 Å². The molecule has 51 heavy (non-hydrogen) atoms. The van der Waals surface area contributed by atoms with Crippen molar-refractivity contribution in [3.63, 3.8) is 0 Å². The Hall–Kier alpha value is 2.48. The first kappa shape index (κ1) is 89.9. The summed E-state index contributed by atoms with van der Waals surface area (Å²) in [6, 6.07) is 15.3. The largest absolute Gasteiger partial charge is 2.00 e. The molecule has 0 aliphatic rings. The second-order valence-corrected chi connectivity index (χ2v) is 12.4. The van der Waals surface area contributed by atoms with E-state index in [1.165, 1.54) is 0 Å². The minimum Gasteiger partial charge on any atom is -0.780 e. The van der Waals surface area contributed by atoms with Crippen molar-refractivity contribution in [2.75, 3.05) is 0 Å². The number of hydrogen-bond acceptors (Lipinski definition) is 8. The molecule has 1 heterocycles. The van der Waals surface area contributed by atoms with E-state index >= 15 is 0 Å². The maximum absolute atomic E-state index is 6.90. The van der Waals surface area contributed by atoms with Gasteiger partial charge in [-0.3, -0.25) is 4.98 Å². The summed E-state index contributed by atoms with van der Waals surface area (Å²) in [5.41, 5.74) is 41.4. The predicted octanol–water partition coefficient (Wildman–Crippen LogP) is 3.09. The molecule has 0 amide bonds. The van der Waals surface area contributed by atoms with Crippen molar-refractivity contribution in [3.8, 4) is 0 Å². The van der Waals surface area contributed by atoms with Gasteiger partial charge in [0.1, 0.15) is 0 Å². The molecule has 0 spiro atoms. The minimum atomic E-state index is -1.15. The van der Waals surface area contributed by atoms with Crippen LogP contribution in [0.3, 0.4) is 0 Å². The van der Waals surface area contributed by atoms with Crippen LogP contribution in [-0.2, 0) is 87.4 Å². The maximum atomic E-state index is 6.90. The molecule has 2 aromatic rings. The summed E-state index contributed by atoms with van der Waals surface area (Å²) in [6.07, 6.45) is 0.504. The number of hydrogen-bond donors (Lipinski definition) is 0. The van der Waals surface area contributed by atoms with E-state index in [2.05, 4.69) is 29.8 Å². The van der Waals surface area contributed by atoms with Gasteiger partial charge in [-0.05, 0) is 12.1 Å². The van der Waals surface area contributed by atoms with E-state index in [1.54, 1.807) is 53.9 Å². The topological polar surface area (TPSA) is 400 Å². The molecule has 27 heteroatoms. The van der Waals surface area contributed by atoms with Gasteiger partial charge in [0.2, 0.25) is 0 Å². The molecule has 6 unspecified atom stereocenters. The van der Waals surface area contributed by atoms with Crippen molar-refractivity contribution in [1.29, 1.82) is 0 Å². The Morgan fingerprint density at radius 2 is 0.725 bits per heavy atom. The van der Waals surface area contributed by atoms with Crippen molar-refractivity contribution in [1.82, 2.24) is 4.98 Å².